The molecule has 5 heteroatoms. The van der Waals surface area contributed by atoms with Gasteiger partial charge in [-0.3, -0.25) is 4.79 Å². The molecular formula is C12H12BrClFNO. The van der Waals surface area contributed by atoms with Crippen LogP contribution in [0.25, 0.3) is 0 Å². The van der Waals surface area contributed by atoms with Crippen molar-refractivity contribution in [3.63, 3.8) is 0 Å². The van der Waals surface area contributed by atoms with Gasteiger partial charge in [-0.15, -0.1) is 0 Å². The third-order valence-corrected chi connectivity index (χ3v) is 3.69. The highest BCUT2D eigenvalue weighted by atomic mass is 79.9. The molecule has 1 aromatic carbocycles. The molecule has 2 nitrogen and oxygen atoms in total. The van der Waals surface area contributed by atoms with Crippen molar-refractivity contribution in [2.45, 2.75) is 19.0 Å². The normalized spacial score (nSPS) is 19.7. The third kappa shape index (κ3) is 3.19. The molecule has 1 aromatic rings. The number of hydrogen-bond donors (Lipinski definition) is 0. The molecule has 1 fully saturated rings. The lowest BCUT2D eigenvalue weighted by Gasteiger charge is -2.15. The van der Waals surface area contributed by atoms with E-state index in [0.717, 1.165) is 10.0 Å². The van der Waals surface area contributed by atoms with Crippen LogP contribution >= 0.6 is 27.5 Å². The average molecular weight is 321 g/mol. The van der Waals surface area contributed by atoms with Crippen molar-refractivity contribution in [2.75, 3.05) is 13.1 Å². The van der Waals surface area contributed by atoms with E-state index in [4.69, 9.17) is 11.6 Å². The summed E-state index contributed by atoms with van der Waals surface area (Å²) in [6, 6.07) is 5.39. The lowest BCUT2D eigenvalue weighted by atomic mass is 10.1. The van der Waals surface area contributed by atoms with E-state index in [1.165, 1.54) is 0 Å². The van der Waals surface area contributed by atoms with Crippen LogP contribution in [0.2, 0.25) is 5.02 Å². The largest absolute Gasteiger partial charge is 0.339 e. The van der Waals surface area contributed by atoms with Crippen molar-refractivity contribution < 1.29 is 9.18 Å². The van der Waals surface area contributed by atoms with E-state index in [2.05, 4.69) is 15.9 Å². The van der Waals surface area contributed by atoms with Crippen LogP contribution in [0.4, 0.5) is 4.39 Å². The molecule has 0 aliphatic carbocycles. The van der Waals surface area contributed by atoms with Gasteiger partial charge in [-0.2, -0.15) is 0 Å². The van der Waals surface area contributed by atoms with Crippen molar-refractivity contribution in [1.82, 2.24) is 4.90 Å². The second-order valence-corrected chi connectivity index (χ2v) is 5.46. The van der Waals surface area contributed by atoms with Crippen molar-refractivity contribution in [3.05, 3.63) is 33.3 Å². The predicted molar refractivity (Wildman–Crippen MR) is 68.9 cm³/mol. The Morgan fingerprint density at radius 3 is 3.00 bits per heavy atom. The zero-order chi connectivity index (χ0) is 12.4. The number of carbonyl (C=O) groups excluding carboxylic acids is 1. The molecular weight excluding hydrogens is 308 g/mol. The van der Waals surface area contributed by atoms with Gasteiger partial charge in [-0.1, -0.05) is 27.5 Å². The van der Waals surface area contributed by atoms with Gasteiger partial charge in [0.2, 0.25) is 5.91 Å². The van der Waals surface area contributed by atoms with Gasteiger partial charge in [-0.25, -0.2) is 4.39 Å². The monoisotopic (exact) mass is 319 g/mol. The first-order valence-electron chi connectivity index (χ1n) is 5.42. The molecule has 1 heterocycles. The number of nitrogens with zero attached hydrogens (tertiary/aromatic N) is 1. The van der Waals surface area contributed by atoms with Gasteiger partial charge in [0.15, 0.2) is 0 Å². The quantitative estimate of drug-likeness (QED) is 0.819. The first-order valence-corrected chi connectivity index (χ1v) is 6.59. The smallest absolute Gasteiger partial charge is 0.227 e. The molecule has 1 amide bonds. The van der Waals surface area contributed by atoms with Gasteiger partial charge in [0, 0.05) is 16.0 Å². The van der Waals surface area contributed by atoms with E-state index in [0.29, 0.717) is 18.0 Å². The second-order valence-electron chi connectivity index (χ2n) is 4.14. The fourth-order valence-corrected chi connectivity index (χ4v) is 2.49. The van der Waals surface area contributed by atoms with Crippen LogP contribution in [0.15, 0.2) is 22.7 Å². The van der Waals surface area contributed by atoms with Crippen LogP contribution in [0, 0.1) is 0 Å². The van der Waals surface area contributed by atoms with Crippen molar-refractivity contribution in [3.8, 4) is 0 Å². The predicted octanol–water partition coefficient (Wildman–Crippen LogP) is 3.22. The Kier molecular flexibility index (Phi) is 4.05. The molecule has 0 spiro atoms. The summed E-state index contributed by atoms with van der Waals surface area (Å²) < 4.78 is 13.9. The van der Waals surface area contributed by atoms with Crippen LogP contribution in [0.1, 0.15) is 12.0 Å². The van der Waals surface area contributed by atoms with E-state index in [1.807, 2.05) is 12.1 Å². The van der Waals surface area contributed by atoms with E-state index in [-0.39, 0.29) is 18.9 Å². The first kappa shape index (κ1) is 12.8. The Hall–Kier alpha value is -0.610. The molecule has 0 bridgehead atoms. The van der Waals surface area contributed by atoms with Crippen LogP contribution < -0.4 is 0 Å². The number of carbonyl (C=O) groups is 1. The molecule has 92 valence electrons. The number of hydrogen-bond acceptors (Lipinski definition) is 1. The maximum absolute atomic E-state index is 13.0. The third-order valence-electron chi connectivity index (χ3n) is 2.83. The van der Waals surface area contributed by atoms with Crippen LogP contribution in [0.5, 0.6) is 0 Å². The summed E-state index contributed by atoms with van der Waals surface area (Å²) in [5, 5.41) is 0.567. The number of alkyl halides is 1. The Labute approximate surface area is 113 Å². The number of halogens is 3. The summed E-state index contributed by atoms with van der Waals surface area (Å²) in [6.45, 7) is 0.718. The van der Waals surface area contributed by atoms with E-state index < -0.39 is 6.17 Å². The highest BCUT2D eigenvalue weighted by molar-refractivity contribution is 9.10. The summed E-state index contributed by atoms with van der Waals surface area (Å²) >= 11 is 9.35. The molecule has 0 unspecified atom stereocenters. The Balaban J connectivity index is 2.05. The number of amides is 1. The summed E-state index contributed by atoms with van der Waals surface area (Å²) in [5.74, 6) is -0.0647. The second kappa shape index (κ2) is 5.36. The lowest BCUT2D eigenvalue weighted by Crippen LogP contribution is -2.30. The molecule has 2 rings (SSSR count). The van der Waals surface area contributed by atoms with Gasteiger partial charge < -0.3 is 4.90 Å². The molecule has 0 N–H and O–H groups in total. The van der Waals surface area contributed by atoms with Gasteiger partial charge in [-0.05, 0) is 30.2 Å². The van der Waals surface area contributed by atoms with E-state index in [9.17, 15) is 9.18 Å². The first-order chi connectivity index (χ1) is 8.06. The van der Waals surface area contributed by atoms with Crippen molar-refractivity contribution in [1.29, 1.82) is 0 Å². The maximum atomic E-state index is 13.0. The highest BCUT2D eigenvalue weighted by Crippen LogP contribution is 2.23. The Morgan fingerprint density at radius 2 is 2.35 bits per heavy atom. The summed E-state index contributed by atoms with van der Waals surface area (Å²) in [4.78, 5) is 13.5. The molecule has 1 atom stereocenters. The SMILES string of the molecule is O=C(Cc1cc(Br)ccc1Cl)N1CC[C@H](F)C1. The Morgan fingerprint density at radius 1 is 1.59 bits per heavy atom. The van der Waals surface area contributed by atoms with Crippen LogP contribution in [0.3, 0.4) is 0 Å². The number of rotatable bonds is 2. The van der Waals surface area contributed by atoms with E-state index in [1.54, 1.807) is 11.0 Å². The molecule has 17 heavy (non-hydrogen) atoms. The fraction of sp³-hybridized carbons (Fsp3) is 0.417. The maximum Gasteiger partial charge on any atom is 0.227 e. The van der Waals surface area contributed by atoms with Gasteiger partial charge in [0.1, 0.15) is 6.17 Å². The minimum absolute atomic E-state index is 0.0647. The minimum atomic E-state index is -0.878. The molecule has 1 saturated heterocycles. The van der Waals surface area contributed by atoms with Crippen molar-refractivity contribution in [2.24, 2.45) is 0 Å². The highest BCUT2D eigenvalue weighted by Gasteiger charge is 2.25. The molecule has 1 aliphatic heterocycles. The standard InChI is InChI=1S/C12H12BrClFNO/c13-9-1-2-11(14)8(5-9)6-12(17)16-4-3-10(15)7-16/h1-2,5,10H,3-4,6-7H2/t10-/m0/s1. The minimum Gasteiger partial charge on any atom is -0.339 e. The lowest BCUT2D eigenvalue weighted by molar-refractivity contribution is -0.129. The molecule has 0 radical (unpaired) electrons. The summed E-state index contributed by atoms with van der Waals surface area (Å²) in [7, 11) is 0. The van der Waals surface area contributed by atoms with Crippen LogP contribution in [-0.4, -0.2) is 30.1 Å². The van der Waals surface area contributed by atoms with Crippen molar-refractivity contribution >= 4 is 33.4 Å². The fourth-order valence-electron chi connectivity index (χ4n) is 1.90. The topological polar surface area (TPSA) is 20.3 Å². The number of benzene rings is 1. The van der Waals surface area contributed by atoms with Crippen LogP contribution in [-0.2, 0) is 11.2 Å². The zero-order valence-corrected chi connectivity index (χ0v) is 11.5. The van der Waals surface area contributed by atoms with Gasteiger partial charge in [0.05, 0.1) is 13.0 Å². The molecule has 1 aliphatic rings. The Bertz CT molecular complexity index is 441. The molecule has 0 saturated carbocycles. The van der Waals surface area contributed by atoms with E-state index >= 15 is 0 Å². The number of likely N-dealkylation sites (tertiary alicyclic amines) is 1. The zero-order valence-electron chi connectivity index (χ0n) is 9.13. The summed E-state index contributed by atoms with van der Waals surface area (Å²) in [5.41, 5.74) is 0.772. The average Bonchev–Trinajstić information content (AvgIpc) is 2.70. The molecule has 0 aromatic heterocycles. The van der Waals surface area contributed by atoms with Gasteiger partial charge in [0.25, 0.3) is 0 Å². The summed E-state index contributed by atoms with van der Waals surface area (Å²) in [6.07, 6.45) is -0.208. The van der Waals surface area contributed by atoms with Gasteiger partial charge >= 0.3 is 0 Å².